The molecule has 2 unspecified atom stereocenters. The molecule has 96 valence electrons. The van der Waals surface area contributed by atoms with Gasteiger partial charge in [0.25, 0.3) is 0 Å². The molecule has 0 saturated carbocycles. The minimum Gasteiger partial charge on any atom is -0.390 e. The highest BCUT2D eigenvalue weighted by Gasteiger charge is 2.35. The average Bonchev–Trinajstić information content (AvgIpc) is 2.26. The molecular formula is C11H12F4O2. The number of rotatable bonds is 3. The summed E-state index contributed by atoms with van der Waals surface area (Å²) in [5.41, 5.74) is -1.61. The number of hydrogen-bond donors (Lipinski definition) is 2. The van der Waals surface area contributed by atoms with Crippen molar-refractivity contribution in [2.45, 2.75) is 31.7 Å². The molecule has 0 aromatic heterocycles. The largest absolute Gasteiger partial charge is 0.419 e. The van der Waals surface area contributed by atoms with E-state index in [0.717, 1.165) is 6.07 Å². The van der Waals surface area contributed by atoms with Crippen molar-refractivity contribution in [1.82, 2.24) is 0 Å². The lowest BCUT2D eigenvalue weighted by molar-refractivity contribution is -0.140. The standard InChI is InChI=1S/C11H12F4O2/c1-2-9(16)10(17)6-3-4-8(12)7(5-6)11(13,14)15/h3-5,9-10,16-17H,2H2,1H3. The van der Waals surface area contributed by atoms with Crippen molar-refractivity contribution in [3.05, 3.63) is 35.1 Å². The van der Waals surface area contributed by atoms with Crippen LogP contribution in [0.2, 0.25) is 0 Å². The van der Waals surface area contributed by atoms with Crippen molar-refractivity contribution in [2.75, 3.05) is 0 Å². The van der Waals surface area contributed by atoms with Crippen LogP contribution in [0.25, 0.3) is 0 Å². The average molecular weight is 252 g/mol. The lowest BCUT2D eigenvalue weighted by Gasteiger charge is -2.18. The minimum atomic E-state index is -4.82. The van der Waals surface area contributed by atoms with Gasteiger partial charge < -0.3 is 10.2 Å². The molecule has 17 heavy (non-hydrogen) atoms. The summed E-state index contributed by atoms with van der Waals surface area (Å²) in [5, 5.41) is 18.8. The number of halogens is 4. The van der Waals surface area contributed by atoms with Gasteiger partial charge >= 0.3 is 6.18 Å². The van der Waals surface area contributed by atoms with Gasteiger partial charge in [-0.3, -0.25) is 0 Å². The van der Waals surface area contributed by atoms with Gasteiger partial charge in [0, 0.05) is 0 Å². The molecule has 0 saturated heterocycles. The van der Waals surface area contributed by atoms with Crippen molar-refractivity contribution >= 4 is 0 Å². The summed E-state index contributed by atoms with van der Waals surface area (Å²) in [6, 6.07) is 2.16. The van der Waals surface area contributed by atoms with Gasteiger partial charge in [0.2, 0.25) is 0 Å². The fraction of sp³-hybridized carbons (Fsp3) is 0.455. The zero-order chi connectivity index (χ0) is 13.2. The number of alkyl halides is 3. The van der Waals surface area contributed by atoms with E-state index in [9.17, 15) is 27.8 Å². The summed E-state index contributed by atoms with van der Waals surface area (Å²) in [7, 11) is 0. The molecule has 0 aliphatic heterocycles. The Balaban J connectivity index is 3.13. The summed E-state index contributed by atoms with van der Waals surface area (Å²) in [6.45, 7) is 1.57. The highest BCUT2D eigenvalue weighted by atomic mass is 19.4. The van der Waals surface area contributed by atoms with Gasteiger partial charge in [-0.1, -0.05) is 13.0 Å². The van der Waals surface area contributed by atoms with Crippen LogP contribution in [0.5, 0.6) is 0 Å². The van der Waals surface area contributed by atoms with Gasteiger partial charge in [-0.25, -0.2) is 4.39 Å². The Morgan fingerprint density at radius 1 is 1.24 bits per heavy atom. The molecule has 0 heterocycles. The van der Waals surface area contributed by atoms with Crippen LogP contribution < -0.4 is 0 Å². The number of benzene rings is 1. The molecule has 0 fully saturated rings. The third-order valence-corrected chi connectivity index (χ3v) is 2.42. The maximum absolute atomic E-state index is 12.9. The van der Waals surface area contributed by atoms with E-state index in [4.69, 9.17) is 0 Å². The van der Waals surface area contributed by atoms with Crippen molar-refractivity contribution in [2.24, 2.45) is 0 Å². The van der Waals surface area contributed by atoms with Gasteiger partial charge in [0.15, 0.2) is 0 Å². The lowest BCUT2D eigenvalue weighted by atomic mass is 10.00. The van der Waals surface area contributed by atoms with Crippen LogP contribution in [-0.4, -0.2) is 16.3 Å². The monoisotopic (exact) mass is 252 g/mol. The van der Waals surface area contributed by atoms with Crippen LogP contribution in [0.3, 0.4) is 0 Å². The molecule has 2 N–H and O–H groups in total. The minimum absolute atomic E-state index is 0.159. The normalized spacial score (nSPS) is 15.7. The fourth-order valence-electron chi connectivity index (χ4n) is 1.39. The van der Waals surface area contributed by atoms with Crippen molar-refractivity contribution < 1.29 is 27.8 Å². The number of aliphatic hydroxyl groups is 2. The first-order valence-electron chi connectivity index (χ1n) is 5.00. The number of aliphatic hydroxyl groups excluding tert-OH is 2. The molecule has 6 heteroatoms. The molecule has 1 aromatic carbocycles. The predicted octanol–water partition coefficient (Wildman–Crippen LogP) is 2.65. The SMILES string of the molecule is CCC(O)C(O)c1ccc(F)c(C(F)(F)F)c1. The van der Waals surface area contributed by atoms with Crippen molar-refractivity contribution in [3.8, 4) is 0 Å². The van der Waals surface area contributed by atoms with E-state index >= 15 is 0 Å². The first kappa shape index (κ1) is 13.9. The Morgan fingerprint density at radius 3 is 2.29 bits per heavy atom. The van der Waals surface area contributed by atoms with E-state index in [1.165, 1.54) is 0 Å². The van der Waals surface area contributed by atoms with Crippen LogP contribution in [0.15, 0.2) is 18.2 Å². The highest BCUT2D eigenvalue weighted by molar-refractivity contribution is 5.29. The maximum atomic E-state index is 12.9. The smallest absolute Gasteiger partial charge is 0.390 e. The Bertz CT molecular complexity index is 390. The predicted molar refractivity (Wildman–Crippen MR) is 52.7 cm³/mol. The molecule has 0 aliphatic carbocycles. The maximum Gasteiger partial charge on any atom is 0.419 e. The van der Waals surface area contributed by atoms with Gasteiger partial charge in [-0.15, -0.1) is 0 Å². The molecule has 1 rings (SSSR count). The van der Waals surface area contributed by atoms with Crippen LogP contribution in [-0.2, 0) is 6.18 Å². The zero-order valence-corrected chi connectivity index (χ0v) is 9.00. The molecule has 0 amide bonds. The molecule has 0 radical (unpaired) electrons. The molecule has 0 spiro atoms. The molecule has 0 bridgehead atoms. The van der Waals surface area contributed by atoms with Gasteiger partial charge in [0.1, 0.15) is 11.9 Å². The third-order valence-electron chi connectivity index (χ3n) is 2.42. The van der Waals surface area contributed by atoms with Crippen LogP contribution in [0.4, 0.5) is 17.6 Å². The molecule has 2 nitrogen and oxygen atoms in total. The van der Waals surface area contributed by atoms with Crippen LogP contribution >= 0.6 is 0 Å². The van der Waals surface area contributed by atoms with E-state index in [-0.39, 0.29) is 12.0 Å². The van der Waals surface area contributed by atoms with Gasteiger partial charge in [0.05, 0.1) is 11.7 Å². The molecule has 0 aliphatic rings. The van der Waals surface area contributed by atoms with E-state index < -0.39 is 29.8 Å². The van der Waals surface area contributed by atoms with Crippen molar-refractivity contribution in [3.63, 3.8) is 0 Å². The summed E-state index contributed by atoms with van der Waals surface area (Å²) in [4.78, 5) is 0. The quantitative estimate of drug-likeness (QED) is 0.812. The van der Waals surface area contributed by atoms with E-state index in [2.05, 4.69) is 0 Å². The lowest BCUT2D eigenvalue weighted by Crippen LogP contribution is -2.18. The summed E-state index contributed by atoms with van der Waals surface area (Å²) < 4.78 is 50.1. The number of hydrogen-bond acceptors (Lipinski definition) is 2. The Kier molecular flexibility index (Phi) is 4.11. The molecule has 1 aromatic rings. The second-order valence-corrected chi connectivity index (χ2v) is 3.66. The Hall–Kier alpha value is -1.14. The van der Waals surface area contributed by atoms with E-state index in [0.29, 0.717) is 12.1 Å². The topological polar surface area (TPSA) is 40.5 Å². The summed E-state index contributed by atoms with van der Waals surface area (Å²) >= 11 is 0. The summed E-state index contributed by atoms with van der Waals surface area (Å²) in [6.07, 6.45) is -7.28. The van der Waals surface area contributed by atoms with Crippen molar-refractivity contribution in [1.29, 1.82) is 0 Å². The van der Waals surface area contributed by atoms with E-state index in [1.807, 2.05) is 0 Å². The van der Waals surface area contributed by atoms with Crippen LogP contribution in [0, 0.1) is 5.82 Å². The second kappa shape index (κ2) is 5.01. The third kappa shape index (κ3) is 3.17. The first-order valence-corrected chi connectivity index (χ1v) is 5.00. The zero-order valence-electron chi connectivity index (χ0n) is 9.00. The highest BCUT2D eigenvalue weighted by Crippen LogP contribution is 2.33. The van der Waals surface area contributed by atoms with Crippen LogP contribution in [0.1, 0.15) is 30.6 Å². The van der Waals surface area contributed by atoms with Gasteiger partial charge in [-0.05, 0) is 24.1 Å². The molecular weight excluding hydrogens is 240 g/mol. The Labute approximate surface area is 95.5 Å². The molecule has 2 atom stereocenters. The first-order chi connectivity index (χ1) is 7.77. The Morgan fingerprint density at radius 2 is 1.82 bits per heavy atom. The fourth-order valence-corrected chi connectivity index (χ4v) is 1.39. The summed E-state index contributed by atoms with van der Waals surface area (Å²) in [5.74, 6) is -1.40. The van der Waals surface area contributed by atoms with E-state index in [1.54, 1.807) is 6.92 Å². The second-order valence-electron chi connectivity index (χ2n) is 3.66. The van der Waals surface area contributed by atoms with Gasteiger partial charge in [-0.2, -0.15) is 13.2 Å².